The van der Waals surface area contributed by atoms with Crippen molar-refractivity contribution in [1.82, 2.24) is 0 Å². The summed E-state index contributed by atoms with van der Waals surface area (Å²) in [6, 6.07) is 5.62. The van der Waals surface area contributed by atoms with Gasteiger partial charge < -0.3 is 10.6 Å². The second-order valence-corrected chi connectivity index (χ2v) is 6.63. The fourth-order valence-corrected chi connectivity index (χ4v) is 3.33. The molecule has 0 saturated heterocycles. The van der Waals surface area contributed by atoms with Crippen molar-refractivity contribution in [3.63, 3.8) is 0 Å². The molecule has 1 aromatic rings. The summed E-state index contributed by atoms with van der Waals surface area (Å²) in [6.07, 6.45) is 9.10. The normalized spacial score (nSPS) is 14.4. The average Bonchev–Trinajstić information content (AvgIpc) is 3.06. The number of anilines is 2. The Labute approximate surface area is 144 Å². The number of nitrogens with one attached hydrogen (secondary N) is 2. The van der Waals surface area contributed by atoms with E-state index in [4.69, 9.17) is 0 Å². The molecule has 1 aliphatic rings. The summed E-state index contributed by atoms with van der Waals surface area (Å²) in [5.41, 5.74) is 3.36. The zero-order valence-electron chi connectivity index (χ0n) is 14.6. The maximum atomic E-state index is 12.2. The van der Waals surface area contributed by atoms with Crippen molar-refractivity contribution in [2.24, 2.45) is 5.92 Å². The van der Waals surface area contributed by atoms with Gasteiger partial charge in [-0.15, -0.1) is 0 Å². The Morgan fingerprint density at radius 3 is 2.75 bits per heavy atom. The first-order chi connectivity index (χ1) is 11.6. The highest BCUT2D eigenvalue weighted by atomic mass is 16.1. The number of allylic oxidation sites excluding steroid dienone is 1. The minimum Gasteiger partial charge on any atom is -0.328 e. The Morgan fingerprint density at radius 1 is 1.33 bits per heavy atom. The van der Waals surface area contributed by atoms with Crippen LogP contribution in [0, 0.1) is 5.92 Å². The minimum absolute atomic E-state index is 0.0523. The van der Waals surface area contributed by atoms with Gasteiger partial charge in [0.15, 0.2) is 0 Å². The lowest BCUT2D eigenvalue weighted by atomic mass is 9.99. The summed E-state index contributed by atoms with van der Waals surface area (Å²) in [6.45, 7) is 6.26. The first kappa shape index (κ1) is 18.2. The molecule has 0 heterocycles. The smallest absolute Gasteiger partial charge is 0.224 e. The number of carbonyl (C=O) groups is 2. The highest BCUT2D eigenvalue weighted by Crippen LogP contribution is 2.30. The van der Waals surface area contributed by atoms with E-state index < -0.39 is 0 Å². The minimum atomic E-state index is 0.0523. The molecular weight excluding hydrogens is 300 g/mol. The molecule has 1 aliphatic carbocycles. The molecule has 2 rings (SSSR count). The van der Waals surface area contributed by atoms with Crippen molar-refractivity contribution in [3.05, 3.63) is 30.3 Å². The summed E-state index contributed by atoms with van der Waals surface area (Å²) in [4.78, 5) is 23.1. The monoisotopic (exact) mass is 328 g/mol. The maximum Gasteiger partial charge on any atom is 0.224 e. The quantitative estimate of drug-likeness (QED) is 0.628. The van der Waals surface area contributed by atoms with Crippen molar-refractivity contribution in [1.29, 1.82) is 0 Å². The van der Waals surface area contributed by atoms with E-state index in [0.29, 0.717) is 24.4 Å². The molecule has 2 amide bonds. The molecule has 0 spiro atoms. The van der Waals surface area contributed by atoms with E-state index in [2.05, 4.69) is 24.1 Å². The third-order valence-electron chi connectivity index (χ3n) is 4.68. The van der Waals surface area contributed by atoms with Crippen LogP contribution in [0.1, 0.15) is 63.9 Å². The van der Waals surface area contributed by atoms with Gasteiger partial charge in [-0.3, -0.25) is 9.59 Å². The van der Waals surface area contributed by atoms with Crippen molar-refractivity contribution < 1.29 is 9.59 Å². The molecule has 0 bridgehead atoms. The van der Waals surface area contributed by atoms with E-state index in [1.54, 1.807) is 0 Å². The van der Waals surface area contributed by atoms with E-state index in [0.717, 1.165) is 48.9 Å². The second-order valence-electron chi connectivity index (χ2n) is 6.63. The van der Waals surface area contributed by atoms with E-state index in [1.807, 2.05) is 18.2 Å². The van der Waals surface area contributed by atoms with E-state index in [9.17, 15) is 9.59 Å². The van der Waals surface area contributed by atoms with Crippen molar-refractivity contribution in [2.75, 3.05) is 10.6 Å². The van der Waals surface area contributed by atoms with Gasteiger partial charge in [0.25, 0.3) is 0 Å². The second kappa shape index (κ2) is 9.26. The third kappa shape index (κ3) is 5.22. The number of hydrogen-bond acceptors (Lipinski definition) is 2. The summed E-state index contributed by atoms with van der Waals surface area (Å²) >= 11 is 0. The van der Waals surface area contributed by atoms with Gasteiger partial charge in [-0.25, -0.2) is 0 Å². The molecule has 4 heteroatoms. The third-order valence-corrected chi connectivity index (χ3v) is 4.68. The lowest BCUT2D eigenvalue weighted by Gasteiger charge is -2.14. The van der Waals surface area contributed by atoms with Crippen LogP contribution in [0.4, 0.5) is 11.4 Å². The van der Waals surface area contributed by atoms with E-state index >= 15 is 0 Å². The van der Waals surface area contributed by atoms with Crippen LogP contribution in [0.15, 0.2) is 24.8 Å². The summed E-state index contributed by atoms with van der Waals surface area (Å²) in [5, 5.41) is 5.68. The molecule has 1 aromatic carbocycles. The fourth-order valence-electron chi connectivity index (χ4n) is 3.33. The van der Waals surface area contributed by atoms with Gasteiger partial charge in [0.2, 0.25) is 12.3 Å². The van der Waals surface area contributed by atoms with Gasteiger partial charge in [-0.2, -0.15) is 0 Å². The summed E-state index contributed by atoms with van der Waals surface area (Å²) < 4.78 is 0. The molecule has 0 unspecified atom stereocenters. The van der Waals surface area contributed by atoms with Gasteiger partial charge in [-0.05, 0) is 49.3 Å². The van der Waals surface area contributed by atoms with Gasteiger partial charge in [0.1, 0.15) is 0 Å². The van der Waals surface area contributed by atoms with Crippen molar-refractivity contribution in [3.8, 4) is 0 Å². The molecule has 1 saturated carbocycles. The zero-order chi connectivity index (χ0) is 17.4. The van der Waals surface area contributed by atoms with Gasteiger partial charge in [-0.1, -0.05) is 38.8 Å². The van der Waals surface area contributed by atoms with Crippen LogP contribution in [0.3, 0.4) is 0 Å². The van der Waals surface area contributed by atoms with Crippen LogP contribution in [0.2, 0.25) is 0 Å². The van der Waals surface area contributed by atoms with Crippen LogP contribution < -0.4 is 10.6 Å². The van der Waals surface area contributed by atoms with Crippen molar-refractivity contribution >= 4 is 29.3 Å². The van der Waals surface area contributed by atoms with Gasteiger partial charge in [0, 0.05) is 17.7 Å². The number of benzene rings is 1. The first-order valence-electron chi connectivity index (χ1n) is 8.96. The Hall–Kier alpha value is -2.10. The van der Waals surface area contributed by atoms with Crippen LogP contribution in [0.25, 0.3) is 5.57 Å². The number of unbranched alkanes of at least 4 members (excludes halogenated alkanes) is 1. The van der Waals surface area contributed by atoms with Crippen LogP contribution >= 0.6 is 0 Å². The van der Waals surface area contributed by atoms with Crippen LogP contribution in [-0.2, 0) is 9.59 Å². The molecule has 0 radical (unpaired) electrons. The summed E-state index contributed by atoms with van der Waals surface area (Å²) in [5.74, 6) is 0.571. The molecule has 0 atom stereocenters. The molecule has 0 aromatic heterocycles. The molecule has 0 aliphatic heterocycles. The number of amides is 2. The van der Waals surface area contributed by atoms with Crippen molar-refractivity contribution in [2.45, 2.75) is 58.3 Å². The molecule has 24 heavy (non-hydrogen) atoms. The lowest BCUT2D eigenvalue weighted by molar-refractivity contribution is -0.117. The number of carbonyl (C=O) groups excluding carboxylic acids is 2. The van der Waals surface area contributed by atoms with Gasteiger partial charge >= 0.3 is 0 Å². The Balaban J connectivity index is 2.04. The molecule has 130 valence electrons. The highest BCUT2D eigenvalue weighted by molar-refractivity contribution is 5.93. The number of rotatable bonds is 9. The van der Waals surface area contributed by atoms with E-state index in [1.165, 1.54) is 12.8 Å². The highest BCUT2D eigenvalue weighted by Gasteiger charge is 2.18. The Morgan fingerprint density at radius 2 is 2.08 bits per heavy atom. The van der Waals surface area contributed by atoms with E-state index in [-0.39, 0.29) is 5.91 Å². The standard InChI is InChI=1S/C20H28N2O2/c1-3-4-7-15(2)18-11-10-17(13-19(18)21-14-23)22-20(24)12-16-8-5-6-9-16/h10-11,13-14,16H,2-9,12H2,1H3,(H,21,23)(H,22,24). The van der Waals surface area contributed by atoms with Crippen LogP contribution in [0.5, 0.6) is 0 Å². The molecular formula is C20H28N2O2. The first-order valence-corrected chi connectivity index (χ1v) is 8.96. The van der Waals surface area contributed by atoms with Crippen LogP contribution in [-0.4, -0.2) is 12.3 Å². The summed E-state index contributed by atoms with van der Waals surface area (Å²) in [7, 11) is 0. The Kier molecular flexibility index (Phi) is 7.04. The SMILES string of the molecule is C=C(CCCC)c1ccc(NC(=O)CC2CCCC2)cc1NC=O. The largest absolute Gasteiger partial charge is 0.328 e. The topological polar surface area (TPSA) is 58.2 Å². The predicted octanol–water partition coefficient (Wildman–Crippen LogP) is 4.98. The predicted molar refractivity (Wildman–Crippen MR) is 99.9 cm³/mol. The Bertz CT molecular complexity index is 589. The maximum absolute atomic E-state index is 12.2. The lowest BCUT2D eigenvalue weighted by Crippen LogP contribution is -2.15. The average molecular weight is 328 g/mol. The molecule has 2 N–H and O–H groups in total. The zero-order valence-corrected chi connectivity index (χ0v) is 14.6. The molecule has 4 nitrogen and oxygen atoms in total. The fraction of sp³-hybridized carbons (Fsp3) is 0.500. The number of hydrogen-bond donors (Lipinski definition) is 2. The molecule has 1 fully saturated rings. The van der Waals surface area contributed by atoms with Gasteiger partial charge in [0.05, 0.1) is 5.69 Å².